The van der Waals surface area contributed by atoms with E-state index in [1.807, 2.05) is 70.7 Å². The molecular formula is C27H30N2O. The van der Waals surface area contributed by atoms with Crippen LogP contribution in [0.25, 0.3) is 17.2 Å². The summed E-state index contributed by atoms with van der Waals surface area (Å²) in [5, 5.41) is 0. The van der Waals surface area contributed by atoms with Crippen molar-refractivity contribution in [2.45, 2.75) is 13.1 Å². The van der Waals surface area contributed by atoms with Gasteiger partial charge in [0.05, 0.1) is 0 Å². The van der Waals surface area contributed by atoms with Gasteiger partial charge in [-0.15, -0.1) is 0 Å². The van der Waals surface area contributed by atoms with Gasteiger partial charge in [-0.25, -0.2) is 0 Å². The third-order valence-electron chi connectivity index (χ3n) is 4.92. The zero-order valence-electron chi connectivity index (χ0n) is 18.3. The maximum Gasteiger partial charge on any atom is 0.186 e. The molecule has 0 radical (unpaired) electrons. The molecule has 0 aromatic heterocycles. The van der Waals surface area contributed by atoms with Crippen LogP contribution in [0.2, 0.25) is 0 Å². The molecule has 3 aromatic carbocycles. The first kappa shape index (κ1) is 21.7. The first-order valence-corrected chi connectivity index (χ1v) is 10.2. The molecule has 0 atom stereocenters. The van der Waals surface area contributed by atoms with Gasteiger partial charge in [-0.05, 0) is 68.2 Å². The Bertz CT molecular complexity index is 1020. The van der Waals surface area contributed by atoms with Gasteiger partial charge in [-0.2, -0.15) is 0 Å². The van der Waals surface area contributed by atoms with Crippen LogP contribution in [0.3, 0.4) is 0 Å². The fourth-order valence-corrected chi connectivity index (χ4v) is 3.53. The smallest absolute Gasteiger partial charge is 0.186 e. The zero-order chi connectivity index (χ0) is 21.5. The van der Waals surface area contributed by atoms with Crippen LogP contribution >= 0.6 is 0 Å². The molecule has 0 heterocycles. The Labute approximate surface area is 180 Å². The molecule has 3 nitrogen and oxygen atoms in total. The number of benzene rings is 3. The van der Waals surface area contributed by atoms with Gasteiger partial charge in [0.25, 0.3) is 0 Å². The van der Waals surface area contributed by atoms with Gasteiger partial charge in [0.2, 0.25) is 0 Å². The summed E-state index contributed by atoms with van der Waals surface area (Å²) in [7, 11) is 8.14. The lowest BCUT2D eigenvalue weighted by atomic mass is 9.95. The van der Waals surface area contributed by atoms with E-state index in [1.165, 1.54) is 5.56 Å². The van der Waals surface area contributed by atoms with E-state index in [9.17, 15) is 4.79 Å². The van der Waals surface area contributed by atoms with E-state index in [1.54, 1.807) is 6.08 Å². The first-order valence-electron chi connectivity index (χ1n) is 10.2. The number of rotatable bonds is 8. The number of allylic oxidation sites excluding steroid dienone is 1. The minimum atomic E-state index is 0.0317. The maximum absolute atomic E-state index is 13.2. The predicted molar refractivity (Wildman–Crippen MR) is 126 cm³/mol. The van der Waals surface area contributed by atoms with Crippen molar-refractivity contribution in [1.29, 1.82) is 0 Å². The second-order valence-electron chi connectivity index (χ2n) is 8.11. The zero-order valence-corrected chi connectivity index (χ0v) is 18.3. The van der Waals surface area contributed by atoms with Crippen LogP contribution in [0.5, 0.6) is 0 Å². The molecule has 0 unspecified atom stereocenters. The van der Waals surface area contributed by atoms with Crippen molar-refractivity contribution in [2.24, 2.45) is 0 Å². The Morgan fingerprint density at radius 1 is 0.733 bits per heavy atom. The second-order valence-corrected chi connectivity index (χ2v) is 8.11. The maximum atomic E-state index is 13.2. The Kier molecular flexibility index (Phi) is 7.34. The van der Waals surface area contributed by atoms with Gasteiger partial charge >= 0.3 is 0 Å². The summed E-state index contributed by atoms with van der Waals surface area (Å²) in [4.78, 5) is 17.4. The van der Waals surface area contributed by atoms with Gasteiger partial charge in [-0.1, -0.05) is 72.8 Å². The van der Waals surface area contributed by atoms with Crippen molar-refractivity contribution < 1.29 is 4.79 Å². The molecule has 0 amide bonds. The van der Waals surface area contributed by atoms with E-state index in [0.29, 0.717) is 0 Å². The van der Waals surface area contributed by atoms with E-state index in [-0.39, 0.29) is 5.78 Å². The number of nitrogens with zero attached hydrogens (tertiary/aromatic N) is 2. The SMILES string of the molecule is CN(C)Cc1ccccc1C=CC(=O)c1cc(-c2ccccc2)ccc1CN(C)C. The van der Waals surface area contributed by atoms with Gasteiger partial charge in [0.15, 0.2) is 5.78 Å². The Morgan fingerprint density at radius 2 is 1.37 bits per heavy atom. The molecule has 30 heavy (non-hydrogen) atoms. The summed E-state index contributed by atoms with van der Waals surface area (Å²) < 4.78 is 0. The standard InChI is InChI=1S/C27H30N2O/c1-28(2)19-24-13-9-8-12-22(24)16-17-27(30)26-18-23(21-10-6-5-7-11-21)14-15-25(26)20-29(3)4/h5-18H,19-20H2,1-4H3. The largest absolute Gasteiger partial charge is 0.305 e. The number of hydrogen-bond acceptors (Lipinski definition) is 3. The number of carbonyl (C=O) groups is 1. The highest BCUT2D eigenvalue weighted by Gasteiger charge is 2.12. The fraction of sp³-hybridized carbons (Fsp3) is 0.222. The number of carbonyl (C=O) groups excluding carboxylic acids is 1. The van der Waals surface area contributed by atoms with Crippen molar-refractivity contribution >= 4 is 11.9 Å². The summed E-state index contributed by atoms with van der Waals surface area (Å²) in [5.74, 6) is 0.0317. The van der Waals surface area contributed by atoms with E-state index < -0.39 is 0 Å². The summed E-state index contributed by atoms with van der Waals surface area (Å²) in [6.07, 6.45) is 3.65. The monoisotopic (exact) mass is 398 g/mol. The summed E-state index contributed by atoms with van der Waals surface area (Å²) >= 11 is 0. The highest BCUT2D eigenvalue weighted by Crippen LogP contribution is 2.24. The molecule has 0 saturated heterocycles. The van der Waals surface area contributed by atoms with Crippen molar-refractivity contribution in [1.82, 2.24) is 9.80 Å². The van der Waals surface area contributed by atoms with E-state index >= 15 is 0 Å². The molecule has 3 aromatic rings. The van der Waals surface area contributed by atoms with Crippen molar-refractivity contribution in [2.75, 3.05) is 28.2 Å². The topological polar surface area (TPSA) is 23.6 Å². The van der Waals surface area contributed by atoms with E-state index in [4.69, 9.17) is 0 Å². The van der Waals surface area contributed by atoms with Crippen molar-refractivity contribution in [3.05, 3.63) is 101 Å². The molecule has 0 aliphatic heterocycles. The third-order valence-corrected chi connectivity index (χ3v) is 4.92. The summed E-state index contributed by atoms with van der Waals surface area (Å²) in [6.45, 7) is 1.56. The summed E-state index contributed by atoms with van der Waals surface area (Å²) in [5.41, 5.74) is 6.25. The van der Waals surface area contributed by atoms with Crippen molar-refractivity contribution in [3.8, 4) is 11.1 Å². The molecule has 0 aliphatic rings. The Morgan fingerprint density at radius 3 is 2.07 bits per heavy atom. The lowest BCUT2D eigenvalue weighted by Crippen LogP contribution is -2.14. The van der Waals surface area contributed by atoms with E-state index in [0.717, 1.165) is 40.9 Å². The lowest BCUT2D eigenvalue weighted by Gasteiger charge is -2.15. The fourth-order valence-electron chi connectivity index (χ4n) is 3.53. The van der Waals surface area contributed by atoms with Crippen molar-refractivity contribution in [3.63, 3.8) is 0 Å². The van der Waals surface area contributed by atoms with Gasteiger partial charge < -0.3 is 9.80 Å². The molecular weight excluding hydrogens is 368 g/mol. The highest BCUT2D eigenvalue weighted by atomic mass is 16.1. The molecule has 154 valence electrons. The molecule has 0 spiro atoms. The average Bonchev–Trinajstić information content (AvgIpc) is 2.73. The lowest BCUT2D eigenvalue weighted by molar-refractivity contribution is 0.104. The third kappa shape index (κ3) is 5.76. The molecule has 3 rings (SSSR count). The van der Waals surface area contributed by atoms with Crippen LogP contribution in [-0.2, 0) is 13.1 Å². The average molecular weight is 399 g/mol. The van der Waals surface area contributed by atoms with Crippen LogP contribution in [0.15, 0.2) is 78.9 Å². The first-order chi connectivity index (χ1) is 14.4. The minimum Gasteiger partial charge on any atom is -0.305 e. The molecule has 0 N–H and O–H groups in total. The van der Waals surface area contributed by atoms with Gasteiger partial charge in [0, 0.05) is 18.7 Å². The highest BCUT2D eigenvalue weighted by molar-refractivity contribution is 6.08. The summed E-state index contributed by atoms with van der Waals surface area (Å²) in [6, 6.07) is 24.6. The number of ketones is 1. The predicted octanol–water partition coefficient (Wildman–Crippen LogP) is 5.37. The molecule has 0 fully saturated rings. The quantitative estimate of drug-likeness (QED) is 0.376. The number of hydrogen-bond donors (Lipinski definition) is 0. The van der Waals surface area contributed by atoms with Crippen LogP contribution in [0.1, 0.15) is 27.0 Å². The Balaban J connectivity index is 1.95. The normalized spacial score (nSPS) is 11.5. The van der Waals surface area contributed by atoms with Gasteiger partial charge in [0.1, 0.15) is 0 Å². The molecule has 0 bridgehead atoms. The molecule has 0 aliphatic carbocycles. The molecule has 0 saturated carbocycles. The second kappa shape index (κ2) is 10.1. The van der Waals surface area contributed by atoms with E-state index in [2.05, 4.69) is 46.2 Å². The molecule has 3 heteroatoms. The van der Waals surface area contributed by atoms with Crippen LogP contribution in [-0.4, -0.2) is 43.8 Å². The van der Waals surface area contributed by atoms with Crippen LogP contribution in [0, 0.1) is 0 Å². The Hall–Kier alpha value is -3.01. The minimum absolute atomic E-state index is 0.0317. The van der Waals surface area contributed by atoms with Crippen LogP contribution < -0.4 is 0 Å². The van der Waals surface area contributed by atoms with Gasteiger partial charge in [-0.3, -0.25) is 4.79 Å². The van der Waals surface area contributed by atoms with Crippen LogP contribution in [0.4, 0.5) is 0 Å².